The van der Waals surface area contributed by atoms with Gasteiger partial charge < -0.3 is 14.2 Å². The molecule has 10 nitrogen and oxygen atoms in total. The number of halogens is 1. The fourth-order valence-electron chi connectivity index (χ4n) is 3.63. The summed E-state index contributed by atoms with van der Waals surface area (Å²) in [5.74, 6) is 0.421. The number of hydrazone groups is 1. The van der Waals surface area contributed by atoms with Crippen LogP contribution in [0.5, 0.6) is 0 Å². The van der Waals surface area contributed by atoms with E-state index in [0.717, 1.165) is 12.5 Å². The number of hydrogen-bond acceptors (Lipinski definition) is 7. The van der Waals surface area contributed by atoms with Crippen molar-refractivity contribution in [2.45, 2.75) is 32.7 Å². The van der Waals surface area contributed by atoms with E-state index < -0.39 is 10.8 Å². The Balaban J connectivity index is 1.53. The highest BCUT2D eigenvalue weighted by atomic mass is 35.5. The van der Waals surface area contributed by atoms with Crippen molar-refractivity contribution in [1.29, 1.82) is 0 Å². The molecule has 0 saturated heterocycles. The highest BCUT2D eigenvalue weighted by Gasteiger charge is 2.28. The first-order chi connectivity index (χ1) is 15.8. The Morgan fingerprint density at radius 1 is 1.24 bits per heavy atom. The summed E-state index contributed by atoms with van der Waals surface area (Å²) in [7, 11) is 0. The van der Waals surface area contributed by atoms with Crippen molar-refractivity contribution in [2.75, 3.05) is 0 Å². The summed E-state index contributed by atoms with van der Waals surface area (Å²) < 4.78 is 11.0. The van der Waals surface area contributed by atoms with Crippen LogP contribution >= 0.6 is 11.6 Å². The lowest BCUT2D eigenvalue weighted by molar-refractivity contribution is -0.384. The molecule has 0 unspecified atom stereocenters. The van der Waals surface area contributed by atoms with Gasteiger partial charge >= 0.3 is 0 Å². The van der Waals surface area contributed by atoms with Crippen molar-refractivity contribution < 1.29 is 23.3 Å². The predicted octanol–water partition coefficient (Wildman–Crippen LogP) is 4.14. The van der Waals surface area contributed by atoms with Gasteiger partial charge in [0.1, 0.15) is 16.5 Å². The van der Waals surface area contributed by atoms with E-state index >= 15 is 0 Å². The zero-order valence-corrected chi connectivity index (χ0v) is 18.3. The van der Waals surface area contributed by atoms with E-state index in [9.17, 15) is 19.7 Å². The molecule has 0 saturated carbocycles. The van der Waals surface area contributed by atoms with Crippen molar-refractivity contribution in [3.05, 3.63) is 85.7 Å². The zero-order valence-electron chi connectivity index (χ0n) is 17.5. The molecule has 1 aliphatic rings. The quantitative estimate of drug-likeness (QED) is 0.409. The first kappa shape index (κ1) is 22.3. The maximum absolute atomic E-state index is 12.6. The Hall–Kier alpha value is -3.92. The molecule has 0 bridgehead atoms. The molecule has 2 N–H and O–H groups in total. The van der Waals surface area contributed by atoms with Crippen LogP contribution in [-0.4, -0.2) is 22.4 Å². The maximum Gasteiger partial charge on any atom is 0.288 e. The average Bonchev–Trinajstić information content (AvgIpc) is 3.44. The van der Waals surface area contributed by atoms with Gasteiger partial charge in [-0.2, -0.15) is 5.10 Å². The molecule has 11 heteroatoms. The third kappa shape index (κ3) is 4.65. The molecule has 170 valence electrons. The average molecular weight is 471 g/mol. The number of fused-ring (bicyclic) bond motifs is 1. The van der Waals surface area contributed by atoms with Crippen molar-refractivity contribution in [3.8, 4) is 0 Å². The van der Waals surface area contributed by atoms with Gasteiger partial charge in [0.25, 0.3) is 17.5 Å². The fraction of sp³-hybridized carbons (Fsp3) is 0.227. The van der Waals surface area contributed by atoms with E-state index in [2.05, 4.69) is 15.8 Å². The standard InChI is InChI=1S/C22H19ClN4O6/c1-12-19-16(25-26-21(28)13-7-8-15(23)17(10-13)27(30)31)5-2-6-18(19)33-20(12)22(29)24-11-14-4-3-9-32-14/h3-4,7-10H,2,5-6,11H2,1H3,(H,24,29)(H,26,28)/b25-16+. The van der Waals surface area contributed by atoms with Crippen LogP contribution in [0.3, 0.4) is 0 Å². The number of rotatable bonds is 6. The van der Waals surface area contributed by atoms with Crippen LogP contribution in [0.1, 0.15) is 56.4 Å². The lowest BCUT2D eigenvalue weighted by Gasteiger charge is -2.13. The highest BCUT2D eigenvalue weighted by molar-refractivity contribution is 6.32. The molecule has 2 aromatic heterocycles. The van der Waals surface area contributed by atoms with Gasteiger partial charge in [0.2, 0.25) is 0 Å². The van der Waals surface area contributed by atoms with Gasteiger partial charge in [-0.05, 0) is 44.0 Å². The second-order valence-corrected chi connectivity index (χ2v) is 7.80. The first-order valence-corrected chi connectivity index (χ1v) is 10.5. The molecule has 0 spiro atoms. The van der Waals surface area contributed by atoms with Gasteiger partial charge in [-0.25, -0.2) is 5.43 Å². The number of carbonyl (C=O) groups is 2. The lowest BCUT2D eigenvalue weighted by Crippen LogP contribution is -2.23. The summed E-state index contributed by atoms with van der Waals surface area (Å²) in [5, 5.41) is 18.0. The van der Waals surface area contributed by atoms with Crippen molar-refractivity contribution in [3.63, 3.8) is 0 Å². The molecule has 33 heavy (non-hydrogen) atoms. The molecule has 2 amide bonds. The van der Waals surface area contributed by atoms with Crippen LogP contribution < -0.4 is 10.7 Å². The summed E-state index contributed by atoms with van der Waals surface area (Å²) >= 11 is 5.80. The van der Waals surface area contributed by atoms with Gasteiger partial charge in [-0.3, -0.25) is 19.7 Å². The number of nitro benzene ring substituents is 1. The van der Waals surface area contributed by atoms with Gasteiger partial charge in [-0.1, -0.05) is 11.6 Å². The number of amides is 2. The minimum Gasteiger partial charge on any atom is -0.467 e. The maximum atomic E-state index is 12.6. The molecule has 1 aliphatic carbocycles. The van der Waals surface area contributed by atoms with Crippen LogP contribution in [-0.2, 0) is 13.0 Å². The number of hydrogen-bond donors (Lipinski definition) is 2. The molecule has 2 heterocycles. The van der Waals surface area contributed by atoms with Crippen molar-refractivity contribution in [2.24, 2.45) is 5.10 Å². The van der Waals surface area contributed by atoms with Crippen LogP contribution in [0.2, 0.25) is 5.02 Å². The van der Waals surface area contributed by atoms with E-state index in [-0.39, 0.29) is 34.5 Å². The number of furan rings is 2. The van der Waals surface area contributed by atoms with E-state index in [1.807, 2.05) is 0 Å². The van der Waals surface area contributed by atoms with Gasteiger partial charge in [0, 0.05) is 29.2 Å². The van der Waals surface area contributed by atoms with Crippen molar-refractivity contribution in [1.82, 2.24) is 10.7 Å². The minimum atomic E-state index is -0.661. The van der Waals surface area contributed by atoms with Crippen LogP contribution in [0, 0.1) is 17.0 Å². The Morgan fingerprint density at radius 3 is 2.79 bits per heavy atom. The normalized spacial score (nSPS) is 14.1. The highest BCUT2D eigenvalue weighted by Crippen LogP contribution is 2.30. The Bertz CT molecular complexity index is 1260. The fourth-order valence-corrected chi connectivity index (χ4v) is 3.82. The topological polar surface area (TPSA) is 140 Å². The van der Waals surface area contributed by atoms with E-state index in [4.69, 9.17) is 20.4 Å². The molecule has 0 aliphatic heterocycles. The second-order valence-electron chi connectivity index (χ2n) is 7.39. The van der Waals surface area contributed by atoms with E-state index in [1.165, 1.54) is 18.4 Å². The third-order valence-corrected chi connectivity index (χ3v) is 5.55. The second kappa shape index (κ2) is 9.29. The summed E-state index contributed by atoms with van der Waals surface area (Å²) in [6.07, 6.45) is 3.46. The number of nitro groups is 1. The van der Waals surface area contributed by atoms with Gasteiger partial charge in [-0.15, -0.1) is 0 Å². The largest absolute Gasteiger partial charge is 0.467 e. The lowest BCUT2D eigenvalue weighted by atomic mass is 9.93. The molecule has 1 aromatic carbocycles. The molecular weight excluding hydrogens is 452 g/mol. The summed E-state index contributed by atoms with van der Waals surface area (Å²) in [5.41, 5.74) is 3.99. The number of benzene rings is 1. The number of nitrogens with zero attached hydrogens (tertiary/aromatic N) is 2. The number of nitrogens with one attached hydrogen (secondary N) is 2. The molecule has 3 aromatic rings. The van der Waals surface area contributed by atoms with Crippen LogP contribution in [0.15, 0.2) is 50.5 Å². The Labute approximate surface area is 192 Å². The zero-order chi connectivity index (χ0) is 23.5. The molecule has 0 fully saturated rings. The SMILES string of the molecule is Cc1c(C(=O)NCc2ccco2)oc2c1/C(=N/NC(=O)c1ccc(Cl)c([N+](=O)[O-])c1)CCC2. The van der Waals surface area contributed by atoms with Gasteiger partial charge in [0.15, 0.2) is 5.76 Å². The first-order valence-electron chi connectivity index (χ1n) is 10.1. The molecule has 4 rings (SSSR count). The molecule has 0 atom stereocenters. The summed E-state index contributed by atoms with van der Waals surface area (Å²) in [4.78, 5) is 35.5. The smallest absolute Gasteiger partial charge is 0.288 e. The number of aryl methyl sites for hydroxylation is 1. The number of carbonyl (C=O) groups excluding carboxylic acids is 2. The monoisotopic (exact) mass is 470 g/mol. The predicted molar refractivity (Wildman–Crippen MR) is 118 cm³/mol. The Kier molecular flexibility index (Phi) is 6.27. The molecular formula is C22H19ClN4O6. The van der Waals surface area contributed by atoms with Crippen molar-refractivity contribution >= 4 is 34.8 Å². The van der Waals surface area contributed by atoms with Crippen LogP contribution in [0.25, 0.3) is 0 Å². The summed E-state index contributed by atoms with van der Waals surface area (Å²) in [6, 6.07) is 7.24. The minimum absolute atomic E-state index is 0.0494. The van der Waals surface area contributed by atoms with Crippen LogP contribution in [0.4, 0.5) is 5.69 Å². The third-order valence-electron chi connectivity index (χ3n) is 5.23. The van der Waals surface area contributed by atoms with E-state index in [0.29, 0.717) is 41.2 Å². The van der Waals surface area contributed by atoms with Gasteiger partial charge in [0.05, 0.1) is 23.4 Å². The molecule has 0 radical (unpaired) electrons. The summed E-state index contributed by atoms with van der Waals surface area (Å²) in [6.45, 7) is 1.98. The Morgan fingerprint density at radius 2 is 2.06 bits per heavy atom. The van der Waals surface area contributed by atoms with E-state index in [1.54, 1.807) is 19.1 Å².